The summed E-state index contributed by atoms with van der Waals surface area (Å²) in [6.07, 6.45) is 0. The predicted molar refractivity (Wildman–Crippen MR) is 98.3 cm³/mol. The van der Waals surface area contributed by atoms with Crippen LogP contribution < -0.4 is 10.2 Å². The van der Waals surface area contributed by atoms with Gasteiger partial charge in [-0.25, -0.2) is 5.43 Å². The molecule has 11 heteroatoms. The molecule has 1 heterocycles. The van der Waals surface area contributed by atoms with Crippen LogP contribution in [0.2, 0.25) is 15.1 Å². The first-order valence-electron chi connectivity index (χ1n) is 6.61. The van der Waals surface area contributed by atoms with Crippen LogP contribution in [0.5, 0.6) is 5.75 Å². The minimum absolute atomic E-state index is 0.0313. The Kier molecular flexibility index (Phi) is 6.60. The molecule has 25 heavy (non-hydrogen) atoms. The summed E-state index contributed by atoms with van der Waals surface area (Å²) >= 11 is 18.8. The molecule has 0 saturated heterocycles. The second-order valence-electron chi connectivity index (χ2n) is 4.65. The molecule has 0 spiro atoms. The molecule has 0 fully saturated rings. The largest absolute Gasteiger partial charge is 0.481 e. The van der Waals surface area contributed by atoms with Crippen LogP contribution in [0.25, 0.3) is 0 Å². The zero-order chi connectivity index (χ0) is 18.6. The number of benzene rings is 1. The summed E-state index contributed by atoms with van der Waals surface area (Å²) < 4.78 is 5.27. The van der Waals surface area contributed by atoms with Crippen LogP contribution >= 0.6 is 46.1 Å². The minimum atomic E-state index is -0.549. The first kappa shape index (κ1) is 19.5. The van der Waals surface area contributed by atoms with Crippen molar-refractivity contribution in [2.24, 2.45) is 5.10 Å². The third-order valence-electron chi connectivity index (χ3n) is 2.81. The van der Waals surface area contributed by atoms with Gasteiger partial charge in [-0.2, -0.15) is 5.10 Å². The smallest absolute Gasteiger partial charge is 0.280 e. The summed E-state index contributed by atoms with van der Waals surface area (Å²) in [5.41, 5.74) is 2.68. The van der Waals surface area contributed by atoms with Crippen LogP contribution in [0.3, 0.4) is 0 Å². The fourth-order valence-electron chi connectivity index (χ4n) is 1.65. The highest BCUT2D eigenvalue weighted by molar-refractivity contribution is 7.12. The number of nitrogens with zero attached hydrogens (tertiary/aromatic N) is 2. The molecule has 1 N–H and O–H groups in total. The molecule has 0 radical (unpaired) electrons. The highest BCUT2D eigenvalue weighted by Crippen LogP contribution is 2.35. The molecule has 2 aromatic rings. The van der Waals surface area contributed by atoms with E-state index in [0.29, 0.717) is 15.6 Å². The van der Waals surface area contributed by atoms with Crippen molar-refractivity contribution in [2.75, 3.05) is 6.61 Å². The number of thiophene rings is 1. The van der Waals surface area contributed by atoms with E-state index in [1.807, 2.05) is 0 Å². The van der Waals surface area contributed by atoms with Gasteiger partial charge in [0.25, 0.3) is 11.6 Å². The van der Waals surface area contributed by atoms with E-state index in [0.717, 1.165) is 11.3 Å². The maximum Gasteiger partial charge on any atom is 0.280 e. The highest BCUT2D eigenvalue weighted by atomic mass is 35.5. The zero-order valence-electron chi connectivity index (χ0n) is 12.6. The molecule has 0 saturated carbocycles. The summed E-state index contributed by atoms with van der Waals surface area (Å²) in [7, 11) is 0. The lowest BCUT2D eigenvalue weighted by molar-refractivity contribution is -0.384. The molecule has 1 amide bonds. The van der Waals surface area contributed by atoms with Gasteiger partial charge >= 0.3 is 0 Å². The van der Waals surface area contributed by atoms with Crippen molar-refractivity contribution in [2.45, 2.75) is 6.92 Å². The zero-order valence-corrected chi connectivity index (χ0v) is 15.7. The van der Waals surface area contributed by atoms with Crippen molar-refractivity contribution in [3.63, 3.8) is 0 Å². The Morgan fingerprint density at radius 2 is 1.96 bits per heavy atom. The van der Waals surface area contributed by atoms with Crippen molar-refractivity contribution >= 4 is 63.4 Å². The van der Waals surface area contributed by atoms with Crippen LogP contribution in [-0.2, 0) is 4.79 Å². The lowest BCUT2D eigenvalue weighted by Crippen LogP contribution is -2.25. The summed E-state index contributed by atoms with van der Waals surface area (Å²) in [6.45, 7) is 1.24. The number of halogens is 3. The van der Waals surface area contributed by atoms with E-state index >= 15 is 0 Å². The molecule has 0 unspecified atom stereocenters. The van der Waals surface area contributed by atoms with Crippen LogP contribution in [-0.4, -0.2) is 23.1 Å². The average Bonchev–Trinajstić information content (AvgIpc) is 3.01. The van der Waals surface area contributed by atoms with Gasteiger partial charge in [0.05, 0.1) is 30.9 Å². The van der Waals surface area contributed by atoms with E-state index in [1.54, 1.807) is 6.92 Å². The van der Waals surface area contributed by atoms with Crippen molar-refractivity contribution in [1.29, 1.82) is 0 Å². The molecular formula is C14H10Cl3N3O4S. The van der Waals surface area contributed by atoms with Gasteiger partial charge in [-0.1, -0.05) is 34.8 Å². The SMILES string of the molecule is C/C(=N/NC(=O)COc1c(Cl)cc(Cl)cc1Cl)c1cc([N+](=O)[O-])cs1. The Balaban J connectivity index is 1.95. The quantitative estimate of drug-likeness (QED) is 0.420. The van der Waals surface area contributed by atoms with E-state index in [1.165, 1.54) is 23.6 Å². The molecule has 0 atom stereocenters. The van der Waals surface area contributed by atoms with E-state index in [-0.39, 0.29) is 28.1 Å². The summed E-state index contributed by atoms with van der Waals surface area (Å²) in [6, 6.07) is 4.25. The number of hydrogen-bond acceptors (Lipinski definition) is 6. The molecule has 0 aliphatic rings. The van der Waals surface area contributed by atoms with Gasteiger partial charge < -0.3 is 4.74 Å². The molecule has 1 aromatic carbocycles. The van der Waals surface area contributed by atoms with Crippen molar-refractivity contribution in [1.82, 2.24) is 5.43 Å². The standard InChI is InChI=1S/C14H10Cl3N3O4S/c1-7(12-4-9(6-25-12)20(22)23)18-19-13(21)5-24-14-10(16)2-8(15)3-11(14)17/h2-4,6H,5H2,1H3,(H,19,21)/b18-7-. The van der Waals surface area contributed by atoms with Gasteiger partial charge in [-0.05, 0) is 19.1 Å². The molecule has 1 aromatic heterocycles. The maximum absolute atomic E-state index is 11.8. The Bertz CT molecular complexity index is 831. The summed E-state index contributed by atoms with van der Waals surface area (Å²) in [5, 5.41) is 16.6. The normalized spacial score (nSPS) is 11.3. The second kappa shape index (κ2) is 8.48. The lowest BCUT2D eigenvalue weighted by Gasteiger charge is -2.09. The van der Waals surface area contributed by atoms with Gasteiger partial charge in [0.2, 0.25) is 0 Å². The lowest BCUT2D eigenvalue weighted by atomic mass is 10.3. The number of carbonyl (C=O) groups is 1. The van der Waals surface area contributed by atoms with Crippen LogP contribution in [0.4, 0.5) is 5.69 Å². The van der Waals surface area contributed by atoms with E-state index in [4.69, 9.17) is 39.5 Å². The predicted octanol–water partition coefficient (Wildman–Crippen LogP) is 4.54. The van der Waals surface area contributed by atoms with Crippen molar-refractivity contribution in [3.8, 4) is 5.75 Å². The molecular weight excluding hydrogens is 413 g/mol. The molecule has 0 bridgehead atoms. The highest BCUT2D eigenvalue weighted by Gasteiger charge is 2.13. The van der Waals surface area contributed by atoms with E-state index in [2.05, 4.69) is 10.5 Å². The summed E-state index contributed by atoms with van der Waals surface area (Å²) in [5.74, 6) is -0.412. The van der Waals surface area contributed by atoms with Crippen LogP contribution in [0.1, 0.15) is 11.8 Å². The summed E-state index contributed by atoms with van der Waals surface area (Å²) in [4.78, 5) is 22.5. The molecule has 0 aliphatic carbocycles. The Labute approximate surface area is 161 Å². The topological polar surface area (TPSA) is 93.8 Å². The molecule has 132 valence electrons. The first-order valence-corrected chi connectivity index (χ1v) is 8.63. The van der Waals surface area contributed by atoms with Gasteiger partial charge in [0.1, 0.15) is 0 Å². The van der Waals surface area contributed by atoms with Crippen LogP contribution in [0, 0.1) is 10.1 Å². The third-order valence-corrected chi connectivity index (χ3v) is 4.62. The number of hydrogen-bond donors (Lipinski definition) is 1. The Morgan fingerprint density at radius 1 is 1.32 bits per heavy atom. The van der Waals surface area contributed by atoms with Gasteiger partial charge in [0, 0.05) is 11.1 Å². The number of nitrogens with one attached hydrogen (secondary N) is 1. The number of amides is 1. The van der Waals surface area contributed by atoms with E-state index in [9.17, 15) is 14.9 Å². The third kappa shape index (κ3) is 5.30. The fourth-order valence-corrected chi connectivity index (χ4v) is 3.38. The monoisotopic (exact) mass is 421 g/mol. The second-order valence-corrected chi connectivity index (χ2v) is 6.81. The number of carbonyl (C=O) groups excluding carboxylic acids is 1. The van der Waals surface area contributed by atoms with E-state index < -0.39 is 10.8 Å². The Hall–Kier alpha value is -1.87. The fraction of sp³-hybridized carbons (Fsp3) is 0.143. The number of nitro groups is 1. The molecule has 0 aliphatic heterocycles. The van der Waals surface area contributed by atoms with Gasteiger partial charge in [-0.15, -0.1) is 11.3 Å². The van der Waals surface area contributed by atoms with Crippen molar-refractivity contribution in [3.05, 3.63) is 53.6 Å². The Morgan fingerprint density at radius 3 is 2.52 bits per heavy atom. The van der Waals surface area contributed by atoms with Crippen molar-refractivity contribution < 1.29 is 14.5 Å². The molecule has 2 rings (SSSR count). The van der Waals surface area contributed by atoms with Crippen LogP contribution in [0.15, 0.2) is 28.7 Å². The van der Waals surface area contributed by atoms with Gasteiger partial charge in [0.15, 0.2) is 12.4 Å². The molecule has 7 nitrogen and oxygen atoms in total. The number of ether oxygens (including phenoxy) is 1. The average molecular weight is 423 g/mol. The minimum Gasteiger partial charge on any atom is -0.481 e. The number of rotatable bonds is 6. The maximum atomic E-state index is 11.8. The first-order chi connectivity index (χ1) is 11.8. The number of hydrazone groups is 1. The van der Waals surface area contributed by atoms with Gasteiger partial charge in [-0.3, -0.25) is 14.9 Å².